The van der Waals surface area contributed by atoms with E-state index in [0.717, 1.165) is 53.6 Å². The Bertz CT molecular complexity index is 1160. The van der Waals surface area contributed by atoms with Crippen LogP contribution in [0.3, 0.4) is 0 Å². The van der Waals surface area contributed by atoms with Crippen LogP contribution in [0.15, 0.2) is 42.5 Å². The molecule has 4 fully saturated rings. The third-order valence-corrected chi connectivity index (χ3v) is 7.51. The minimum atomic E-state index is -0.420. The minimum absolute atomic E-state index is 0.00432. The van der Waals surface area contributed by atoms with Crippen molar-refractivity contribution in [1.82, 2.24) is 15.3 Å². The third-order valence-electron chi connectivity index (χ3n) is 7.51. The molecule has 7 nitrogen and oxygen atoms in total. The number of nitro benzene ring substituents is 1. The second-order valence-electron chi connectivity index (χ2n) is 9.77. The first-order valence-electron chi connectivity index (χ1n) is 11.0. The summed E-state index contributed by atoms with van der Waals surface area (Å²) < 4.78 is 0. The number of amides is 1. The number of benzene rings is 2. The molecular weight excluding hydrogens is 392 g/mol. The van der Waals surface area contributed by atoms with E-state index in [1.54, 1.807) is 12.1 Å². The van der Waals surface area contributed by atoms with Gasteiger partial charge in [0.05, 0.1) is 16.0 Å². The molecule has 158 valence electrons. The highest BCUT2D eigenvalue weighted by Crippen LogP contribution is 2.55. The molecule has 0 atom stereocenters. The van der Waals surface area contributed by atoms with Gasteiger partial charge in [0, 0.05) is 28.8 Å². The summed E-state index contributed by atoms with van der Waals surface area (Å²) >= 11 is 0. The fraction of sp³-hybridized carbons (Fsp3) is 0.417. The lowest BCUT2D eigenvalue weighted by Gasteiger charge is -2.56. The SMILES string of the molecule is O=C(NC12CC3CC(CC(C3)C1)C2)c1ccc2nc(-c3ccc([N+](=O)[O-])cc3)[nH]c2c1. The molecular formula is C24H24N4O3. The number of imidazole rings is 1. The Labute approximate surface area is 179 Å². The van der Waals surface area contributed by atoms with E-state index in [2.05, 4.69) is 15.3 Å². The summed E-state index contributed by atoms with van der Waals surface area (Å²) in [5.74, 6) is 2.97. The van der Waals surface area contributed by atoms with Crippen molar-refractivity contribution in [2.24, 2.45) is 17.8 Å². The molecule has 2 aromatic carbocycles. The molecule has 7 rings (SSSR count). The first-order valence-corrected chi connectivity index (χ1v) is 11.0. The molecule has 4 aliphatic rings. The number of carbonyl (C=O) groups excluding carboxylic acids is 1. The summed E-state index contributed by atoms with van der Waals surface area (Å²) in [4.78, 5) is 31.4. The Hall–Kier alpha value is -3.22. The van der Waals surface area contributed by atoms with Crippen molar-refractivity contribution in [1.29, 1.82) is 0 Å². The fourth-order valence-corrected chi connectivity index (χ4v) is 6.61. The Morgan fingerprint density at radius 2 is 1.68 bits per heavy atom. The molecule has 31 heavy (non-hydrogen) atoms. The molecule has 0 radical (unpaired) electrons. The van der Waals surface area contributed by atoms with Crippen molar-refractivity contribution in [3.63, 3.8) is 0 Å². The zero-order valence-corrected chi connectivity index (χ0v) is 17.1. The van der Waals surface area contributed by atoms with Gasteiger partial charge in [-0.15, -0.1) is 0 Å². The number of non-ortho nitro benzene ring substituents is 1. The number of aromatic amines is 1. The number of nitrogens with one attached hydrogen (secondary N) is 2. The van der Waals surface area contributed by atoms with Crippen molar-refractivity contribution in [2.45, 2.75) is 44.1 Å². The van der Waals surface area contributed by atoms with Crippen molar-refractivity contribution in [2.75, 3.05) is 0 Å². The molecule has 7 heteroatoms. The van der Waals surface area contributed by atoms with Gasteiger partial charge in [-0.25, -0.2) is 4.98 Å². The van der Waals surface area contributed by atoms with Crippen molar-refractivity contribution < 1.29 is 9.72 Å². The number of nitro groups is 1. The summed E-state index contributed by atoms with van der Waals surface area (Å²) in [6, 6.07) is 11.8. The van der Waals surface area contributed by atoms with Gasteiger partial charge in [0.25, 0.3) is 11.6 Å². The van der Waals surface area contributed by atoms with E-state index in [-0.39, 0.29) is 17.1 Å². The molecule has 0 aliphatic heterocycles. The molecule has 3 aromatic rings. The van der Waals surface area contributed by atoms with Crippen LogP contribution in [0.1, 0.15) is 48.9 Å². The van der Waals surface area contributed by atoms with Gasteiger partial charge in [0.2, 0.25) is 0 Å². The highest BCUT2D eigenvalue weighted by Gasteiger charge is 2.51. The lowest BCUT2D eigenvalue weighted by molar-refractivity contribution is -0.384. The number of nitrogens with zero attached hydrogens (tertiary/aromatic N) is 2. The predicted octanol–water partition coefficient (Wildman–Crippen LogP) is 4.84. The maximum absolute atomic E-state index is 13.1. The smallest absolute Gasteiger partial charge is 0.269 e. The van der Waals surface area contributed by atoms with E-state index >= 15 is 0 Å². The lowest BCUT2D eigenvalue weighted by Crippen LogP contribution is -2.59. The Morgan fingerprint density at radius 1 is 1.03 bits per heavy atom. The van der Waals surface area contributed by atoms with Gasteiger partial charge < -0.3 is 10.3 Å². The molecule has 1 heterocycles. The summed E-state index contributed by atoms with van der Waals surface area (Å²) in [6.07, 6.45) is 7.42. The Morgan fingerprint density at radius 3 is 2.29 bits per heavy atom. The van der Waals surface area contributed by atoms with Crippen LogP contribution in [0.2, 0.25) is 0 Å². The van der Waals surface area contributed by atoms with Crippen LogP contribution in [-0.4, -0.2) is 26.3 Å². The first-order chi connectivity index (χ1) is 15.0. The molecule has 1 amide bonds. The van der Waals surface area contributed by atoms with Gasteiger partial charge >= 0.3 is 0 Å². The van der Waals surface area contributed by atoms with E-state index in [4.69, 9.17) is 0 Å². The summed E-state index contributed by atoms with van der Waals surface area (Å²) in [6.45, 7) is 0. The number of carbonyl (C=O) groups is 1. The van der Waals surface area contributed by atoms with Gasteiger partial charge in [0.1, 0.15) is 5.82 Å². The van der Waals surface area contributed by atoms with E-state index in [9.17, 15) is 14.9 Å². The highest BCUT2D eigenvalue weighted by atomic mass is 16.6. The van der Waals surface area contributed by atoms with Crippen LogP contribution in [0, 0.1) is 27.9 Å². The van der Waals surface area contributed by atoms with Gasteiger partial charge in [-0.1, -0.05) is 0 Å². The molecule has 4 aliphatic carbocycles. The maximum Gasteiger partial charge on any atom is 0.269 e. The summed E-state index contributed by atoms with van der Waals surface area (Å²) in [5.41, 5.74) is 2.98. The number of hydrogen-bond donors (Lipinski definition) is 2. The highest BCUT2D eigenvalue weighted by molar-refractivity contribution is 5.98. The number of aromatic nitrogens is 2. The second kappa shape index (κ2) is 6.64. The number of rotatable bonds is 4. The molecule has 4 saturated carbocycles. The Balaban J connectivity index is 1.25. The normalized spacial score (nSPS) is 28.7. The molecule has 0 saturated heterocycles. The number of hydrogen-bond acceptors (Lipinski definition) is 4. The van der Waals surface area contributed by atoms with Crippen LogP contribution in [0.4, 0.5) is 5.69 Å². The third kappa shape index (κ3) is 3.19. The topological polar surface area (TPSA) is 101 Å². The quantitative estimate of drug-likeness (QED) is 0.469. The van der Waals surface area contributed by atoms with Crippen LogP contribution < -0.4 is 5.32 Å². The summed E-state index contributed by atoms with van der Waals surface area (Å²) in [7, 11) is 0. The zero-order chi connectivity index (χ0) is 21.2. The second-order valence-corrected chi connectivity index (χ2v) is 9.77. The van der Waals surface area contributed by atoms with Crippen molar-refractivity contribution in [3.8, 4) is 11.4 Å². The van der Waals surface area contributed by atoms with Crippen molar-refractivity contribution >= 4 is 22.6 Å². The van der Waals surface area contributed by atoms with Crippen LogP contribution in [0.5, 0.6) is 0 Å². The summed E-state index contributed by atoms with van der Waals surface area (Å²) in [5, 5.41) is 14.3. The monoisotopic (exact) mass is 416 g/mol. The standard InChI is InChI=1S/C24H24N4O3/c29-23(27-24-11-14-7-15(12-24)9-16(8-14)13-24)18-3-6-20-21(10-18)26-22(25-20)17-1-4-19(5-2-17)28(30)31/h1-6,10,14-16H,7-9,11-13H2,(H,25,26)(H,27,29). The molecule has 4 bridgehead atoms. The molecule has 0 spiro atoms. The lowest BCUT2D eigenvalue weighted by atomic mass is 9.53. The fourth-order valence-electron chi connectivity index (χ4n) is 6.61. The molecule has 1 aromatic heterocycles. The Kier molecular flexibility index (Phi) is 3.97. The van der Waals surface area contributed by atoms with E-state index in [1.165, 1.54) is 31.4 Å². The number of H-pyrrole nitrogens is 1. The minimum Gasteiger partial charge on any atom is -0.347 e. The van der Waals surface area contributed by atoms with E-state index in [1.807, 2.05) is 18.2 Å². The zero-order valence-electron chi connectivity index (χ0n) is 17.1. The van der Waals surface area contributed by atoms with E-state index < -0.39 is 4.92 Å². The average molecular weight is 416 g/mol. The van der Waals surface area contributed by atoms with Crippen LogP contribution in [0.25, 0.3) is 22.4 Å². The van der Waals surface area contributed by atoms with Crippen LogP contribution >= 0.6 is 0 Å². The molecule has 0 unspecified atom stereocenters. The van der Waals surface area contributed by atoms with Gasteiger partial charge in [-0.05, 0) is 86.6 Å². The maximum atomic E-state index is 13.1. The largest absolute Gasteiger partial charge is 0.347 e. The van der Waals surface area contributed by atoms with Gasteiger partial charge in [0.15, 0.2) is 0 Å². The number of fused-ring (bicyclic) bond motifs is 1. The van der Waals surface area contributed by atoms with Crippen LogP contribution in [-0.2, 0) is 0 Å². The predicted molar refractivity (Wildman–Crippen MR) is 117 cm³/mol. The van der Waals surface area contributed by atoms with Crippen molar-refractivity contribution in [3.05, 3.63) is 58.1 Å². The van der Waals surface area contributed by atoms with Gasteiger partial charge in [-0.3, -0.25) is 14.9 Å². The first kappa shape index (κ1) is 18.5. The molecule has 2 N–H and O–H groups in total. The average Bonchev–Trinajstić information content (AvgIpc) is 3.16. The van der Waals surface area contributed by atoms with Gasteiger partial charge in [-0.2, -0.15) is 0 Å². The van der Waals surface area contributed by atoms with E-state index in [0.29, 0.717) is 11.4 Å².